The average Bonchev–Trinajstić information content (AvgIpc) is 3.15. The molecule has 0 unspecified atom stereocenters. The lowest BCUT2D eigenvalue weighted by molar-refractivity contribution is -0.155. The Bertz CT molecular complexity index is 997. The molecule has 2 atom stereocenters. The van der Waals surface area contributed by atoms with E-state index >= 15 is 0 Å². The minimum atomic E-state index is -0.813. The maximum atomic E-state index is 12.5. The van der Waals surface area contributed by atoms with Crippen molar-refractivity contribution in [2.75, 3.05) is 0 Å². The highest BCUT2D eigenvalue weighted by Crippen LogP contribution is 2.29. The lowest BCUT2D eigenvalue weighted by Gasteiger charge is -2.27. The van der Waals surface area contributed by atoms with Crippen molar-refractivity contribution < 1.29 is 14.3 Å². The summed E-state index contributed by atoms with van der Waals surface area (Å²) in [7, 11) is 0. The van der Waals surface area contributed by atoms with Gasteiger partial charge in [0.05, 0.1) is 27.7 Å². The zero-order chi connectivity index (χ0) is 20.2. The largest absolute Gasteiger partial charge is 0.453 e. The van der Waals surface area contributed by atoms with E-state index in [0.29, 0.717) is 6.42 Å². The summed E-state index contributed by atoms with van der Waals surface area (Å²) in [6.07, 6.45) is 2.90. The number of esters is 1. The number of carbonyl (C=O) groups is 2. The number of ether oxygens (including phenoxy) is 1. The maximum absolute atomic E-state index is 12.5. The SMILES string of the molecule is C[C@H](OC(=O)CCc1nc2ccccc2s1)C(=O)N[C@H]1CCCc2ccccc21. The third-order valence-corrected chi connectivity index (χ3v) is 6.34. The first-order valence-corrected chi connectivity index (χ1v) is 10.8. The quantitative estimate of drug-likeness (QED) is 0.616. The summed E-state index contributed by atoms with van der Waals surface area (Å²) >= 11 is 1.58. The Morgan fingerprint density at radius 1 is 1.21 bits per heavy atom. The minimum Gasteiger partial charge on any atom is -0.453 e. The lowest BCUT2D eigenvalue weighted by atomic mass is 9.87. The standard InChI is InChI=1S/C23H24N2O3S/c1-15(23(27)25-18-11-6-8-16-7-2-3-9-17(16)18)28-22(26)14-13-21-24-19-10-4-5-12-20(19)29-21/h2-5,7,9-10,12,15,18H,6,8,11,13-14H2,1H3,(H,25,27)/t15-,18-/m0/s1. The van der Waals surface area contributed by atoms with Gasteiger partial charge in [-0.05, 0) is 49.4 Å². The highest BCUT2D eigenvalue weighted by atomic mass is 32.1. The topological polar surface area (TPSA) is 68.3 Å². The highest BCUT2D eigenvalue weighted by Gasteiger charge is 2.25. The van der Waals surface area contributed by atoms with Gasteiger partial charge in [-0.15, -0.1) is 11.3 Å². The molecule has 1 aliphatic carbocycles. The minimum absolute atomic E-state index is 0.0173. The van der Waals surface area contributed by atoms with Crippen LogP contribution in [0.2, 0.25) is 0 Å². The monoisotopic (exact) mass is 408 g/mol. The van der Waals surface area contributed by atoms with Gasteiger partial charge in [-0.25, -0.2) is 4.98 Å². The first-order chi connectivity index (χ1) is 14.1. The molecule has 0 saturated carbocycles. The molecule has 0 spiro atoms. The molecule has 150 valence electrons. The molecule has 1 amide bonds. The zero-order valence-corrected chi connectivity index (χ0v) is 17.2. The van der Waals surface area contributed by atoms with Gasteiger partial charge in [0.2, 0.25) is 0 Å². The van der Waals surface area contributed by atoms with E-state index < -0.39 is 6.10 Å². The van der Waals surface area contributed by atoms with E-state index in [9.17, 15) is 9.59 Å². The van der Waals surface area contributed by atoms with Crippen LogP contribution in [0.15, 0.2) is 48.5 Å². The van der Waals surface area contributed by atoms with Crippen LogP contribution in [0.25, 0.3) is 10.2 Å². The first-order valence-electron chi connectivity index (χ1n) is 10.0. The van der Waals surface area contributed by atoms with Crippen LogP contribution >= 0.6 is 11.3 Å². The van der Waals surface area contributed by atoms with Gasteiger partial charge < -0.3 is 10.1 Å². The molecule has 1 aromatic heterocycles. The Balaban J connectivity index is 1.29. The number of nitrogens with zero attached hydrogens (tertiary/aromatic N) is 1. The van der Waals surface area contributed by atoms with E-state index in [1.54, 1.807) is 18.3 Å². The van der Waals surface area contributed by atoms with E-state index in [2.05, 4.69) is 22.4 Å². The number of rotatable bonds is 6. The maximum Gasteiger partial charge on any atom is 0.306 e. The highest BCUT2D eigenvalue weighted by molar-refractivity contribution is 7.18. The van der Waals surface area contributed by atoms with Gasteiger partial charge in [0.15, 0.2) is 6.10 Å². The number of amides is 1. The summed E-state index contributed by atoms with van der Waals surface area (Å²) in [6, 6.07) is 16.1. The third-order valence-electron chi connectivity index (χ3n) is 5.24. The molecule has 0 saturated heterocycles. The molecule has 3 aromatic rings. The van der Waals surface area contributed by atoms with Crippen LogP contribution in [-0.2, 0) is 27.2 Å². The van der Waals surface area contributed by atoms with Crippen molar-refractivity contribution in [1.82, 2.24) is 10.3 Å². The Morgan fingerprint density at radius 3 is 2.86 bits per heavy atom. The fraction of sp³-hybridized carbons (Fsp3) is 0.348. The van der Waals surface area contributed by atoms with Crippen LogP contribution < -0.4 is 5.32 Å². The van der Waals surface area contributed by atoms with E-state index in [1.165, 1.54) is 11.1 Å². The van der Waals surface area contributed by atoms with Crippen LogP contribution in [-0.4, -0.2) is 23.0 Å². The number of aryl methyl sites for hydroxylation is 2. The fourth-order valence-corrected chi connectivity index (χ4v) is 4.71. The number of fused-ring (bicyclic) bond motifs is 2. The van der Waals surface area contributed by atoms with E-state index in [1.807, 2.05) is 36.4 Å². The summed E-state index contributed by atoms with van der Waals surface area (Å²) in [6.45, 7) is 1.62. The molecular formula is C23H24N2O3S. The number of para-hydroxylation sites is 1. The van der Waals surface area contributed by atoms with E-state index in [-0.39, 0.29) is 24.3 Å². The van der Waals surface area contributed by atoms with Crippen molar-refractivity contribution in [3.63, 3.8) is 0 Å². The number of thiazole rings is 1. The van der Waals surface area contributed by atoms with Crippen LogP contribution in [0.5, 0.6) is 0 Å². The summed E-state index contributed by atoms with van der Waals surface area (Å²) < 4.78 is 6.47. The average molecular weight is 409 g/mol. The second-order valence-electron chi connectivity index (χ2n) is 7.36. The number of carbonyl (C=O) groups excluding carboxylic acids is 2. The molecule has 0 radical (unpaired) electrons. The van der Waals surface area contributed by atoms with Crippen molar-refractivity contribution in [1.29, 1.82) is 0 Å². The fourth-order valence-electron chi connectivity index (χ4n) is 3.74. The normalized spacial score (nSPS) is 16.8. The number of aromatic nitrogens is 1. The van der Waals surface area contributed by atoms with Crippen molar-refractivity contribution >= 4 is 33.4 Å². The molecule has 1 aliphatic rings. The van der Waals surface area contributed by atoms with Crippen molar-refractivity contribution in [2.24, 2.45) is 0 Å². The van der Waals surface area contributed by atoms with Gasteiger partial charge in [-0.1, -0.05) is 36.4 Å². The Labute approximate surface area is 174 Å². The second-order valence-corrected chi connectivity index (χ2v) is 8.47. The first kappa shape index (κ1) is 19.6. The predicted molar refractivity (Wildman–Crippen MR) is 114 cm³/mol. The molecule has 0 fully saturated rings. The summed E-state index contributed by atoms with van der Waals surface area (Å²) in [4.78, 5) is 29.3. The van der Waals surface area contributed by atoms with Gasteiger partial charge in [0.1, 0.15) is 0 Å². The number of hydrogen-bond acceptors (Lipinski definition) is 5. The lowest BCUT2D eigenvalue weighted by Crippen LogP contribution is -2.39. The third kappa shape index (κ3) is 4.65. The van der Waals surface area contributed by atoms with Crippen molar-refractivity contribution in [2.45, 2.75) is 51.2 Å². The zero-order valence-electron chi connectivity index (χ0n) is 16.4. The van der Waals surface area contributed by atoms with Crippen LogP contribution in [0.1, 0.15) is 48.4 Å². The molecule has 0 bridgehead atoms. The van der Waals surface area contributed by atoms with E-state index in [0.717, 1.165) is 34.5 Å². The molecule has 1 heterocycles. The number of benzene rings is 2. The predicted octanol–water partition coefficient (Wildman–Crippen LogP) is 4.35. The second kappa shape index (κ2) is 8.74. The number of nitrogens with one attached hydrogen (secondary N) is 1. The van der Waals surface area contributed by atoms with Crippen molar-refractivity contribution in [3.8, 4) is 0 Å². The van der Waals surface area contributed by atoms with E-state index in [4.69, 9.17) is 4.74 Å². The van der Waals surface area contributed by atoms with Crippen LogP contribution in [0, 0.1) is 0 Å². The Kier molecular flexibility index (Phi) is 5.90. The molecule has 4 rings (SSSR count). The van der Waals surface area contributed by atoms with Crippen LogP contribution in [0.4, 0.5) is 0 Å². The van der Waals surface area contributed by atoms with Gasteiger partial charge in [0, 0.05) is 6.42 Å². The number of hydrogen-bond donors (Lipinski definition) is 1. The molecule has 29 heavy (non-hydrogen) atoms. The summed E-state index contributed by atoms with van der Waals surface area (Å²) in [5.74, 6) is -0.629. The van der Waals surface area contributed by atoms with Gasteiger partial charge in [-0.3, -0.25) is 9.59 Å². The molecule has 1 N–H and O–H groups in total. The van der Waals surface area contributed by atoms with Crippen molar-refractivity contribution in [3.05, 3.63) is 64.7 Å². The molecular weight excluding hydrogens is 384 g/mol. The molecule has 0 aliphatic heterocycles. The van der Waals surface area contributed by atoms with Crippen LogP contribution in [0.3, 0.4) is 0 Å². The smallest absolute Gasteiger partial charge is 0.306 e. The van der Waals surface area contributed by atoms with Gasteiger partial charge in [-0.2, -0.15) is 0 Å². The summed E-state index contributed by atoms with van der Waals surface area (Å²) in [5, 5.41) is 3.95. The van der Waals surface area contributed by atoms with Gasteiger partial charge >= 0.3 is 5.97 Å². The summed E-state index contributed by atoms with van der Waals surface area (Å²) in [5.41, 5.74) is 3.40. The Morgan fingerprint density at radius 2 is 2.00 bits per heavy atom. The molecule has 2 aromatic carbocycles. The van der Waals surface area contributed by atoms with Gasteiger partial charge in [0.25, 0.3) is 5.91 Å². The molecule has 6 heteroatoms. The molecule has 5 nitrogen and oxygen atoms in total. The Hall–Kier alpha value is -2.73.